The van der Waals surface area contributed by atoms with Gasteiger partial charge in [-0.05, 0) is 43.5 Å². The number of benzene rings is 1. The first-order valence-corrected chi connectivity index (χ1v) is 5.98. The van der Waals surface area contributed by atoms with Gasteiger partial charge < -0.3 is 5.32 Å². The van der Waals surface area contributed by atoms with Crippen LogP contribution in [0.2, 0.25) is 0 Å². The summed E-state index contributed by atoms with van der Waals surface area (Å²) >= 11 is 0. The molecule has 0 saturated heterocycles. The molecule has 3 heteroatoms. The van der Waals surface area contributed by atoms with E-state index in [2.05, 4.69) is 26.1 Å². The molecule has 0 aromatic heterocycles. The van der Waals surface area contributed by atoms with Gasteiger partial charge in [-0.3, -0.25) is 0 Å². The molecule has 0 heterocycles. The van der Waals surface area contributed by atoms with Crippen LogP contribution in [0.1, 0.15) is 45.7 Å². The predicted molar refractivity (Wildman–Crippen MR) is 66.8 cm³/mol. The second kappa shape index (κ2) is 5.58. The summed E-state index contributed by atoms with van der Waals surface area (Å²) in [5, 5.41) is 3.22. The van der Waals surface area contributed by atoms with Crippen LogP contribution in [-0.4, -0.2) is 6.54 Å². The molecule has 0 spiro atoms. The molecule has 0 fully saturated rings. The van der Waals surface area contributed by atoms with Crippen LogP contribution in [0, 0.1) is 17.0 Å². The number of hydrogen-bond acceptors (Lipinski definition) is 1. The van der Waals surface area contributed by atoms with Crippen LogP contribution in [0.25, 0.3) is 0 Å². The molecule has 1 N–H and O–H groups in total. The van der Waals surface area contributed by atoms with Crippen molar-refractivity contribution in [1.82, 2.24) is 5.32 Å². The summed E-state index contributed by atoms with van der Waals surface area (Å²) in [6, 6.07) is 3.39. The van der Waals surface area contributed by atoms with Crippen LogP contribution in [0.5, 0.6) is 0 Å². The lowest BCUT2D eigenvalue weighted by Crippen LogP contribution is -2.24. The molecule has 96 valence electrons. The predicted octanol–water partition coefficient (Wildman–Crippen LogP) is 4.05. The van der Waals surface area contributed by atoms with Crippen LogP contribution in [0.3, 0.4) is 0 Å². The first-order chi connectivity index (χ1) is 7.79. The average Bonchev–Trinajstić information content (AvgIpc) is 2.19. The van der Waals surface area contributed by atoms with E-state index in [1.165, 1.54) is 12.1 Å². The second-order valence-corrected chi connectivity index (χ2v) is 5.65. The van der Waals surface area contributed by atoms with Gasteiger partial charge in [0.2, 0.25) is 0 Å². The first-order valence-electron chi connectivity index (χ1n) is 5.98. The topological polar surface area (TPSA) is 12.0 Å². The molecule has 0 aliphatic heterocycles. The normalized spacial score (nSPS) is 13.8. The second-order valence-electron chi connectivity index (χ2n) is 5.65. The lowest BCUT2D eigenvalue weighted by atomic mass is 9.92. The number of halogens is 2. The third-order valence-corrected chi connectivity index (χ3v) is 2.75. The van der Waals surface area contributed by atoms with Crippen molar-refractivity contribution in [3.05, 3.63) is 35.4 Å². The monoisotopic (exact) mass is 241 g/mol. The Labute approximate surface area is 102 Å². The number of hydrogen-bond donors (Lipinski definition) is 1. The Morgan fingerprint density at radius 1 is 1.24 bits per heavy atom. The minimum atomic E-state index is -0.397. The molecule has 1 nitrogen and oxygen atoms in total. The minimum Gasteiger partial charge on any atom is -0.310 e. The summed E-state index contributed by atoms with van der Waals surface area (Å²) in [4.78, 5) is 0. The molecule has 0 radical (unpaired) electrons. The maximum absolute atomic E-state index is 13.5. The van der Waals surface area contributed by atoms with Gasteiger partial charge in [0.1, 0.15) is 11.6 Å². The van der Waals surface area contributed by atoms with Gasteiger partial charge in [-0.1, -0.05) is 20.8 Å². The molecular formula is C14H21F2N. The molecule has 0 aliphatic rings. The standard InChI is InChI=1S/C14H21F2N/c1-10(17-8-7-14(2,3)4)12-9-11(15)5-6-13(12)16/h5-6,9-10,17H,7-8H2,1-4H3. The summed E-state index contributed by atoms with van der Waals surface area (Å²) in [5.74, 6) is -0.756. The maximum atomic E-state index is 13.5. The van der Waals surface area contributed by atoms with Gasteiger partial charge in [-0.15, -0.1) is 0 Å². The van der Waals surface area contributed by atoms with Crippen molar-refractivity contribution in [2.75, 3.05) is 6.54 Å². The lowest BCUT2D eigenvalue weighted by Gasteiger charge is -2.21. The van der Waals surface area contributed by atoms with E-state index in [1.54, 1.807) is 0 Å². The van der Waals surface area contributed by atoms with Gasteiger partial charge in [0, 0.05) is 11.6 Å². The van der Waals surface area contributed by atoms with E-state index in [-0.39, 0.29) is 17.3 Å². The Morgan fingerprint density at radius 3 is 2.47 bits per heavy atom. The molecule has 1 rings (SSSR count). The van der Waals surface area contributed by atoms with Crippen molar-refractivity contribution in [3.63, 3.8) is 0 Å². The number of nitrogens with one attached hydrogen (secondary N) is 1. The SMILES string of the molecule is CC(NCCC(C)(C)C)c1cc(F)ccc1F. The zero-order valence-electron chi connectivity index (χ0n) is 11.0. The van der Waals surface area contributed by atoms with Crippen molar-refractivity contribution >= 4 is 0 Å². The van der Waals surface area contributed by atoms with Crippen LogP contribution in [-0.2, 0) is 0 Å². The average molecular weight is 241 g/mol. The van der Waals surface area contributed by atoms with Gasteiger partial charge in [-0.2, -0.15) is 0 Å². The summed E-state index contributed by atoms with van der Waals surface area (Å²) in [6.45, 7) is 9.10. The maximum Gasteiger partial charge on any atom is 0.128 e. The van der Waals surface area contributed by atoms with Crippen LogP contribution >= 0.6 is 0 Å². The first kappa shape index (κ1) is 14.1. The van der Waals surface area contributed by atoms with Crippen molar-refractivity contribution < 1.29 is 8.78 Å². The molecule has 0 bridgehead atoms. The fraction of sp³-hybridized carbons (Fsp3) is 0.571. The summed E-state index contributed by atoms with van der Waals surface area (Å²) in [5.41, 5.74) is 0.631. The Hall–Kier alpha value is -0.960. The zero-order valence-corrected chi connectivity index (χ0v) is 11.0. The van der Waals surface area contributed by atoms with E-state index in [4.69, 9.17) is 0 Å². The Balaban J connectivity index is 2.58. The van der Waals surface area contributed by atoms with E-state index >= 15 is 0 Å². The summed E-state index contributed by atoms with van der Waals surface area (Å²) < 4.78 is 26.5. The number of rotatable bonds is 4. The van der Waals surface area contributed by atoms with Crippen molar-refractivity contribution in [2.45, 2.75) is 40.2 Å². The van der Waals surface area contributed by atoms with E-state index in [0.29, 0.717) is 5.56 Å². The quantitative estimate of drug-likeness (QED) is 0.838. The highest BCUT2D eigenvalue weighted by atomic mass is 19.1. The van der Waals surface area contributed by atoms with Crippen molar-refractivity contribution in [2.24, 2.45) is 5.41 Å². The summed E-state index contributed by atoms with van der Waals surface area (Å²) in [7, 11) is 0. The van der Waals surface area contributed by atoms with Crippen LogP contribution in [0.15, 0.2) is 18.2 Å². The lowest BCUT2D eigenvalue weighted by molar-refractivity contribution is 0.356. The molecule has 1 atom stereocenters. The molecule has 0 saturated carbocycles. The molecule has 1 aromatic carbocycles. The molecule has 0 amide bonds. The third-order valence-electron chi connectivity index (χ3n) is 2.75. The van der Waals surface area contributed by atoms with Gasteiger partial charge >= 0.3 is 0 Å². The molecule has 17 heavy (non-hydrogen) atoms. The Bertz CT molecular complexity index is 369. The largest absolute Gasteiger partial charge is 0.310 e. The van der Waals surface area contributed by atoms with Gasteiger partial charge in [0.05, 0.1) is 0 Å². The van der Waals surface area contributed by atoms with E-state index < -0.39 is 5.82 Å². The van der Waals surface area contributed by atoms with E-state index in [1.807, 2.05) is 6.92 Å². The smallest absolute Gasteiger partial charge is 0.128 e. The highest BCUT2D eigenvalue weighted by Crippen LogP contribution is 2.20. The van der Waals surface area contributed by atoms with Crippen LogP contribution in [0.4, 0.5) is 8.78 Å². The van der Waals surface area contributed by atoms with Crippen molar-refractivity contribution in [3.8, 4) is 0 Å². The fourth-order valence-corrected chi connectivity index (χ4v) is 1.62. The Kier molecular flexibility index (Phi) is 4.63. The van der Waals surface area contributed by atoms with E-state index in [9.17, 15) is 8.78 Å². The molecule has 1 aromatic rings. The minimum absolute atomic E-state index is 0.173. The Morgan fingerprint density at radius 2 is 1.88 bits per heavy atom. The van der Waals surface area contributed by atoms with Crippen LogP contribution < -0.4 is 5.32 Å². The van der Waals surface area contributed by atoms with Gasteiger partial charge in [0.25, 0.3) is 0 Å². The molecular weight excluding hydrogens is 220 g/mol. The van der Waals surface area contributed by atoms with E-state index in [0.717, 1.165) is 19.0 Å². The summed E-state index contributed by atoms with van der Waals surface area (Å²) in [6.07, 6.45) is 0.994. The fourth-order valence-electron chi connectivity index (χ4n) is 1.62. The zero-order chi connectivity index (χ0) is 13.1. The molecule has 0 aliphatic carbocycles. The molecule has 1 unspecified atom stereocenters. The van der Waals surface area contributed by atoms with Gasteiger partial charge in [0.15, 0.2) is 0 Å². The highest BCUT2D eigenvalue weighted by Gasteiger charge is 2.14. The third kappa shape index (κ3) is 4.82. The van der Waals surface area contributed by atoms with Crippen molar-refractivity contribution in [1.29, 1.82) is 0 Å². The van der Waals surface area contributed by atoms with Gasteiger partial charge in [-0.25, -0.2) is 8.78 Å². The highest BCUT2D eigenvalue weighted by molar-refractivity contribution is 5.21.